The Balaban J connectivity index is 1.87. The summed E-state index contributed by atoms with van der Waals surface area (Å²) in [5.41, 5.74) is 1.43. The van der Waals surface area contributed by atoms with Gasteiger partial charge in [-0.2, -0.15) is 0 Å². The van der Waals surface area contributed by atoms with Gasteiger partial charge in [-0.3, -0.25) is 0 Å². The van der Waals surface area contributed by atoms with Crippen LogP contribution in [0.3, 0.4) is 0 Å². The molecule has 1 aliphatic heterocycles. The Labute approximate surface area is 86.5 Å². The second kappa shape index (κ2) is 5.49. The molecule has 1 heterocycles. The predicted octanol–water partition coefficient (Wildman–Crippen LogP) is 1.21. The number of ether oxygens (including phenoxy) is 2. The van der Waals surface area contributed by atoms with Gasteiger partial charge in [0.1, 0.15) is 0 Å². The molecule has 0 saturated carbocycles. The van der Waals surface area contributed by atoms with Crippen molar-refractivity contribution >= 4 is 0 Å². The van der Waals surface area contributed by atoms with Gasteiger partial charge in [0.2, 0.25) is 0 Å². The van der Waals surface area contributed by atoms with Crippen LogP contribution in [0.15, 0.2) is 12.2 Å². The maximum absolute atomic E-state index is 5.37. The van der Waals surface area contributed by atoms with Gasteiger partial charge in [-0.25, -0.2) is 0 Å². The second-order valence-electron chi connectivity index (χ2n) is 4.49. The molecule has 1 rings (SSSR count). The SMILES string of the molecule is C=C(C)COCCNCC1(C)COC1. The molecule has 0 radical (unpaired) electrons. The molecule has 82 valence electrons. The first kappa shape index (κ1) is 11.7. The monoisotopic (exact) mass is 199 g/mol. The Morgan fingerprint density at radius 2 is 2.29 bits per heavy atom. The van der Waals surface area contributed by atoms with Gasteiger partial charge < -0.3 is 14.8 Å². The molecule has 0 unspecified atom stereocenters. The fourth-order valence-electron chi connectivity index (χ4n) is 1.33. The van der Waals surface area contributed by atoms with Crippen LogP contribution in [0.1, 0.15) is 13.8 Å². The molecule has 0 spiro atoms. The van der Waals surface area contributed by atoms with E-state index in [1.54, 1.807) is 0 Å². The molecule has 3 nitrogen and oxygen atoms in total. The lowest BCUT2D eigenvalue weighted by atomic mass is 9.89. The highest BCUT2D eigenvalue weighted by atomic mass is 16.5. The van der Waals surface area contributed by atoms with Gasteiger partial charge in [0.15, 0.2) is 0 Å². The third-order valence-electron chi connectivity index (χ3n) is 2.22. The quantitative estimate of drug-likeness (QED) is 0.494. The lowest BCUT2D eigenvalue weighted by molar-refractivity contribution is -0.0992. The van der Waals surface area contributed by atoms with Crippen molar-refractivity contribution in [3.63, 3.8) is 0 Å². The Bertz CT molecular complexity index is 188. The molecular formula is C11H21NO2. The highest BCUT2D eigenvalue weighted by Crippen LogP contribution is 2.24. The normalized spacial score (nSPS) is 19.0. The first-order chi connectivity index (χ1) is 6.62. The Morgan fingerprint density at radius 1 is 1.57 bits per heavy atom. The maximum Gasteiger partial charge on any atom is 0.0672 e. The van der Waals surface area contributed by atoms with Gasteiger partial charge in [-0.15, -0.1) is 0 Å². The zero-order valence-corrected chi connectivity index (χ0v) is 9.27. The Hall–Kier alpha value is -0.380. The van der Waals surface area contributed by atoms with E-state index in [4.69, 9.17) is 9.47 Å². The standard InChI is InChI=1S/C11H21NO2/c1-10(2)6-13-5-4-12-7-11(3)8-14-9-11/h12H,1,4-9H2,2-3H3. The minimum absolute atomic E-state index is 0.356. The van der Waals surface area contributed by atoms with E-state index in [9.17, 15) is 0 Å². The van der Waals surface area contributed by atoms with Gasteiger partial charge in [-0.1, -0.05) is 19.1 Å². The van der Waals surface area contributed by atoms with Gasteiger partial charge in [0.05, 0.1) is 26.4 Å². The summed E-state index contributed by atoms with van der Waals surface area (Å²) in [6.45, 7) is 13.1. The van der Waals surface area contributed by atoms with E-state index in [-0.39, 0.29) is 0 Å². The van der Waals surface area contributed by atoms with E-state index in [1.165, 1.54) is 0 Å². The minimum atomic E-state index is 0.356. The summed E-state index contributed by atoms with van der Waals surface area (Å²) in [4.78, 5) is 0. The van der Waals surface area contributed by atoms with Crippen LogP contribution in [0.4, 0.5) is 0 Å². The maximum atomic E-state index is 5.37. The average Bonchev–Trinajstić information content (AvgIpc) is 2.07. The largest absolute Gasteiger partial charge is 0.380 e. The molecule has 0 aromatic heterocycles. The van der Waals surface area contributed by atoms with Crippen LogP contribution in [0.5, 0.6) is 0 Å². The van der Waals surface area contributed by atoms with Gasteiger partial charge in [-0.05, 0) is 6.92 Å². The van der Waals surface area contributed by atoms with E-state index in [0.717, 1.165) is 38.5 Å². The summed E-state index contributed by atoms with van der Waals surface area (Å²) in [5.74, 6) is 0. The number of hydrogen-bond donors (Lipinski definition) is 1. The van der Waals surface area contributed by atoms with E-state index in [1.807, 2.05) is 6.92 Å². The van der Waals surface area contributed by atoms with Crippen molar-refractivity contribution in [2.45, 2.75) is 13.8 Å². The van der Waals surface area contributed by atoms with Crippen molar-refractivity contribution in [2.75, 3.05) is 39.5 Å². The van der Waals surface area contributed by atoms with Crippen molar-refractivity contribution in [3.05, 3.63) is 12.2 Å². The van der Waals surface area contributed by atoms with Crippen LogP contribution in [-0.4, -0.2) is 39.5 Å². The van der Waals surface area contributed by atoms with Crippen LogP contribution in [-0.2, 0) is 9.47 Å². The van der Waals surface area contributed by atoms with Gasteiger partial charge in [0, 0.05) is 18.5 Å². The summed E-state index contributed by atoms with van der Waals surface area (Å²) < 4.78 is 10.5. The fourth-order valence-corrected chi connectivity index (χ4v) is 1.33. The third-order valence-corrected chi connectivity index (χ3v) is 2.22. The molecule has 3 heteroatoms. The Morgan fingerprint density at radius 3 is 2.79 bits per heavy atom. The van der Waals surface area contributed by atoms with E-state index in [0.29, 0.717) is 12.0 Å². The first-order valence-electron chi connectivity index (χ1n) is 5.13. The summed E-state index contributed by atoms with van der Waals surface area (Å²) in [6.07, 6.45) is 0. The molecule has 1 aliphatic rings. The van der Waals surface area contributed by atoms with Crippen molar-refractivity contribution in [1.82, 2.24) is 5.32 Å². The van der Waals surface area contributed by atoms with Crippen molar-refractivity contribution in [1.29, 1.82) is 0 Å². The smallest absolute Gasteiger partial charge is 0.0672 e. The number of nitrogens with one attached hydrogen (secondary N) is 1. The van der Waals surface area contributed by atoms with Gasteiger partial charge >= 0.3 is 0 Å². The number of rotatable bonds is 7. The van der Waals surface area contributed by atoms with Crippen LogP contribution in [0.25, 0.3) is 0 Å². The molecule has 1 saturated heterocycles. The van der Waals surface area contributed by atoms with Gasteiger partial charge in [0.25, 0.3) is 0 Å². The summed E-state index contributed by atoms with van der Waals surface area (Å²) in [7, 11) is 0. The lowest BCUT2D eigenvalue weighted by Crippen LogP contribution is -2.47. The number of hydrogen-bond acceptors (Lipinski definition) is 3. The third kappa shape index (κ3) is 4.22. The molecule has 1 N–H and O–H groups in total. The molecular weight excluding hydrogens is 178 g/mol. The van der Waals surface area contributed by atoms with E-state index < -0.39 is 0 Å². The molecule has 0 atom stereocenters. The van der Waals surface area contributed by atoms with Crippen LogP contribution >= 0.6 is 0 Å². The summed E-state index contributed by atoms with van der Waals surface area (Å²) in [5, 5.41) is 3.37. The molecule has 1 fully saturated rings. The van der Waals surface area contributed by atoms with Crippen molar-refractivity contribution in [2.24, 2.45) is 5.41 Å². The zero-order valence-electron chi connectivity index (χ0n) is 9.27. The van der Waals surface area contributed by atoms with E-state index in [2.05, 4.69) is 18.8 Å². The first-order valence-corrected chi connectivity index (χ1v) is 5.13. The minimum Gasteiger partial charge on any atom is -0.380 e. The summed E-state index contributed by atoms with van der Waals surface area (Å²) in [6, 6.07) is 0. The van der Waals surface area contributed by atoms with Crippen molar-refractivity contribution < 1.29 is 9.47 Å². The lowest BCUT2D eigenvalue weighted by Gasteiger charge is -2.38. The molecule has 0 amide bonds. The Kier molecular flexibility index (Phi) is 4.58. The predicted molar refractivity (Wildman–Crippen MR) is 57.4 cm³/mol. The van der Waals surface area contributed by atoms with E-state index >= 15 is 0 Å². The molecule has 0 aromatic carbocycles. The molecule has 0 bridgehead atoms. The average molecular weight is 199 g/mol. The molecule has 0 aromatic rings. The zero-order chi connectivity index (χ0) is 10.4. The highest BCUT2D eigenvalue weighted by molar-refractivity contribution is 4.87. The van der Waals surface area contributed by atoms with Crippen LogP contribution in [0, 0.1) is 5.41 Å². The fraction of sp³-hybridized carbons (Fsp3) is 0.818. The second-order valence-corrected chi connectivity index (χ2v) is 4.49. The molecule has 14 heavy (non-hydrogen) atoms. The summed E-state index contributed by atoms with van der Waals surface area (Å²) >= 11 is 0. The highest BCUT2D eigenvalue weighted by Gasteiger charge is 2.32. The van der Waals surface area contributed by atoms with Crippen LogP contribution in [0.2, 0.25) is 0 Å². The van der Waals surface area contributed by atoms with Crippen LogP contribution < -0.4 is 5.32 Å². The van der Waals surface area contributed by atoms with Crippen molar-refractivity contribution in [3.8, 4) is 0 Å². The topological polar surface area (TPSA) is 30.5 Å². The molecule has 0 aliphatic carbocycles.